The van der Waals surface area contributed by atoms with Crippen molar-refractivity contribution in [1.29, 1.82) is 0 Å². The summed E-state index contributed by atoms with van der Waals surface area (Å²) in [5, 5.41) is 7.23. The molecule has 116 valence electrons. The topological polar surface area (TPSA) is 61.5 Å². The second-order valence-electron chi connectivity index (χ2n) is 5.84. The van der Waals surface area contributed by atoms with Crippen molar-refractivity contribution < 1.29 is 13.9 Å². The van der Waals surface area contributed by atoms with Crippen LogP contribution in [0.3, 0.4) is 0 Å². The van der Waals surface area contributed by atoms with Crippen molar-refractivity contribution in [3.63, 3.8) is 0 Å². The highest BCUT2D eigenvalue weighted by molar-refractivity contribution is 5.86. The molecule has 0 bridgehead atoms. The fourth-order valence-electron chi connectivity index (χ4n) is 2.90. The molecule has 2 aliphatic rings. The summed E-state index contributed by atoms with van der Waals surface area (Å²) in [5.41, 5.74) is 0.515. The number of ether oxygens (including phenoxy) is 1. The number of benzene rings is 1. The van der Waals surface area contributed by atoms with Crippen molar-refractivity contribution in [2.24, 2.45) is 0 Å². The lowest BCUT2D eigenvalue weighted by Gasteiger charge is -2.33. The van der Waals surface area contributed by atoms with Gasteiger partial charge in [0.1, 0.15) is 5.82 Å². The van der Waals surface area contributed by atoms with Gasteiger partial charge in [0.2, 0.25) is 0 Å². The number of H-pyrrole nitrogens is 1. The van der Waals surface area contributed by atoms with E-state index in [1.165, 1.54) is 25.0 Å². The van der Waals surface area contributed by atoms with E-state index in [0.717, 1.165) is 19.1 Å². The number of fused-ring (bicyclic) bond motifs is 1. The predicted octanol–water partition coefficient (Wildman–Crippen LogP) is 1.98. The number of carbonyl (C=O) groups is 1. The molecule has 1 saturated heterocycles. The van der Waals surface area contributed by atoms with Crippen LogP contribution in [0.5, 0.6) is 5.88 Å². The number of hydrogen-bond acceptors (Lipinski definition) is 4. The molecule has 0 spiro atoms. The molecule has 1 saturated carbocycles. The van der Waals surface area contributed by atoms with Gasteiger partial charge in [-0.1, -0.05) is 0 Å². The zero-order valence-electron chi connectivity index (χ0n) is 12.1. The average molecular weight is 304 g/mol. The van der Waals surface area contributed by atoms with E-state index in [1.807, 2.05) is 0 Å². The SMILES string of the molecule is O=C(Oc1n[nH]c2cc(F)ccc12)N1CCN(C2CC2)CC1. The largest absolute Gasteiger partial charge is 0.416 e. The maximum atomic E-state index is 13.1. The monoisotopic (exact) mass is 304 g/mol. The van der Waals surface area contributed by atoms with Gasteiger partial charge in [-0.15, -0.1) is 5.10 Å². The van der Waals surface area contributed by atoms with Crippen molar-refractivity contribution in [1.82, 2.24) is 20.0 Å². The van der Waals surface area contributed by atoms with E-state index in [2.05, 4.69) is 15.1 Å². The smallest absolute Gasteiger partial charge is 0.389 e. The fourth-order valence-corrected chi connectivity index (χ4v) is 2.90. The molecule has 1 aromatic carbocycles. The standard InChI is InChI=1S/C15H17FN4O2/c16-10-1-4-12-13(9-10)17-18-14(12)22-15(21)20-7-5-19(6-8-20)11-2-3-11/h1,4,9,11H,2-3,5-8H2,(H,17,18). The highest BCUT2D eigenvalue weighted by Crippen LogP contribution is 2.28. The number of nitrogens with zero attached hydrogens (tertiary/aromatic N) is 3. The summed E-state index contributed by atoms with van der Waals surface area (Å²) in [7, 11) is 0. The summed E-state index contributed by atoms with van der Waals surface area (Å²) >= 11 is 0. The van der Waals surface area contributed by atoms with Crippen LogP contribution in [0.15, 0.2) is 18.2 Å². The van der Waals surface area contributed by atoms with E-state index in [-0.39, 0.29) is 11.7 Å². The van der Waals surface area contributed by atoms with Crippen molar-refractivity contribution >= 4 is 17.0 Å². The minimum absolute atomic E-state index is 0.199. The number of rotatable bonds is 2. The van der Waals surface area contributed by atoms with E-state index in [4.69, 9.17) is 4.74 Å². The summed E-state index contributed by atoms with van der Waals surface area (Å²) in [6.07, 6.45) is 2.16. The van der Waals surface area contributed by atoms with Crippen LogP contribution >= 0.6 is 0 Å². The minimum atomic E-state index is -0.395. The maximum Gasteiger partial charge on any atom is 0.416 e. The third-order valence-corrected chi connectivity index (χ3v) is 4.31. The zero-order chi connectivity index (χ0) is 15.1. The zero-order valence-corrected chi connectivity index (χ0v) is 12.1. The highest BCUT2D eigenvalue weighted by Gasteiger charge is 2.32. The molecule has 7 heteroatoms. The Kier molecular flexibility index (Phi) is 3.22. The molecule has 0 unspecified atom stereocenters. The molecule has 4 rings (SSSR count). The van der Waals surface area contributed by atoms with Gasteiger partial charge in [-0.25, -0.2) is 9.18 Å². The summed E-state index contributed by atoms with van der Waals surface area (Å²) in [5.74, 6) is -0.158. The first-order chi connectivity index (χ1) is 10.7. The molecule has 2 aromatic rings. The second-order valence-corrected chi connectivity index (χ2v) is 5.84. The van der Waals surface area contributed by atoms with Crippen molar-refractivity contribution in [2.45, 2.75) is 18.9 Å². The third kappa shape index (κ3) is 2.52. The molecule has 1 aliphatic heterocycles. The molecule has 1 aliphatic carbocycles. The first-order valence-corrected chi connectivity index (χ1v) is 7.55. The molecule has 0 atom stereocenters. The molecular formula is C15H17FN4O2. The van der Waals surface area contributed by atoms with E-state index in [9.17, 15) is 9.18 Å². The molecule has 2 heterocycles. The Bertz CT molecular complexity index is 705. The van der Waals surface area contributed by atoms with Gasteiger partial charge in [0, 0.05) is 32.2 Å². The van der Waals surface area contributed by atoms with Gasteiger partial charge in [0.05, 0.1) is 10.9 Å². The maximum absolute atomic E-state index is 13.1. The number of carbonyl (C=O) groups excluding carboxylic acids is 1. The number of halogens is 1. The number of piperazine rings is 1. The Morgan fingerprint density at radius 2 is 2.05 bits per heavy atom. The van der Waals surface area contributed by atoms with Crippen LogP contribution in [0, 0.1) is 5.82 Å². The number of aromatic nitrogens is 2. The fraction of sp³-hybridized carbons (Fsp3) is 0.467. The van der Waals surface area contributed by atoms with Crippen LogP contribution in [0.25, 0.3) is 10.9 Å². The molecule has 0 radical (unpaired) electrons. The number of aromatic amines is 1. The van der Waals surface area contributed by atoms with Crippen LogP contribution in [-0.4, -0.2) is 58.3 Å². The van der Waals surface area contributed by atoms with Crippen molar-refractivity contribution in [2.75, 3.05) is 26.2 Å². The van der Waals surface area contributed by atoms with E-state index in [0.29, 0.717) is 24.0 Å². The summed E-state index contributed by atoms with van der Waals surface area (Å²) in [6.45, 7) is 3.14. The van der Waals surface area contributed by atoms with Crippen molar-refractivity contribution in [3.8, 4) is 5.88 Å². The Morgan fingerprint density at radius 1 is 1.27 bits per heavy atom. The van der Waals surface area contributed by atoms with Gasteiger partial charge in [0.15, 0.2) is 0 Å². The first-order valence-electron chi connectivity index (χ1n) is 7.55. The Morgan fingerprint density at radius 3 is 2.77 bits per heavy atom. The Balaban J connectivity index is 1.42. The predicted molar refractivity (Wildman–Crippen MR) is 78.2 cm³/mol. The van der Waals surface area contributed by atoms with Gasteiger partial charge in [-0.3, -0.25) is 10.00 Å². The lowest BCUT2D eigenvalue weighted by atomic mass is 10.2. The van der Waals surface area contributed by atoms with E-state index >= 15 is 0 Å². The molecule has 2 fully saturated rings. The minimum Gasteiger partial charge on any atom is -0.389 e. The highest BCUT2D eigenvalue weighted by atomic mass is 19.1. The van der Waals surface area contributed by atoms with Crippen LogP contribution in [0.4, 0.5) is 9.18 Å². The summed E-state index contributed by atoms with van der Waals surface area (Å²) < 4.78 is 18.5. The van der Waals surface area contributed by atoms with Gasteiger partial charge in [-0.2, -0.15) is 0 Å². The second kappa shape index (κ2) is 5.24. The number of hydrogen-bond donors (Lipinski definition) is 1. The number of amides is 1. The third-order valence-electron chi connectivity index (χ3n) is 4.31. The van der Waals surface area contributed by atoms with Crippen LogP contribution in [0.1, 0.15) is 12.8 Å². The summed E-state index contributed by atoms with van der Waals surface area (Å²) in [6, 6.07) is 4.93. The molecular weight excluding hydrogens is 287 g/mol. The molecule has 1 aromatic heterocycles. The van der Waals surface area contributed by atoms with Gasteiger partial charge in [-0.05, 0) is 31.0 Å². The first kappa shape index (κ1) is 13.5. The van der Waals surface area contributed by atoms with E-state index in [1.54, 1.807) is 11.0 Å². The van der Waals surface area contributed by atoms with Crippen LogP contribution < -0.4 is 4.74 Å². The van der Waals surface area contributed by atoms with Gasteiger partial charge in [0.25, 0.3) is 5.88 Å². The molecule has 22 heavy (non-hydrogen) atoms. The lowest BCUT2D eigenvalue weighted by molar-refractivity contribution is 0.107. The van der Waals surface area contributed by atoms with Crippen molar-refractivity contribution in [3.05, 3.63) is 24.0 Å². The normalized spacial score (nSPS) is 19.6. The molecule has 1 amide bonds. The summed E-state index contributed by atoms with van der Waals surface area (Å²) in [4.78, 5) is 16.3. The van der Waals surface area contributed by atoms with Crippen LogP contribution in [-0.2, 0) is 0 Å². The Hall–Kier alpha value is -2.15. The van der Waals surface area contributed by atoms with Gasteiger partial charge >= 0.3 is 6.09 Å². The lowest BCUT2D eigenvalue weighted by Crippen LogP contribution is -2.50. The van der Waals surface area contributed by atoms with Gasteiger partial charge < -0.3 is 9.64 Å². The van der Waals surface area contributed by atoms with Crippen LogP contribution in [0.2, 0.25) is 0 Å². The average Bonchev–Trinajstić information content (AvgIpc) is 3.31. The van der Waals surface area contributed by atoms with E-state index < -0.39 is 6.09 Å². The number of nitrogens with one attached hydrogen (secondary N) is 1. The molecule has 1 N–H and O–H groups in total. The Labute approximate surface area is 126 Å². The quantitative estimate of drug-likeness (QED) is 0.921. The molecule has 6 nitrogen and oxygen atoms in total.